The fourth-order valence-corrected chi connectivity index (χ4v) is 2.59. The van der Waals surface area contributed by atoms with Crippen LogP contribution >= 0.6 is 0 Å². The molecule has 1 amide bonds. The van der Waals surface area contributed by atoms with Crippen molar-refractivity contribution in [2.24, 2.45) is 5.92 Å². The van der Waals surface area contributed by atoms with E-state index in [9.17, 15) is 4.79 Å². The highest BCUT2D eigenvalue weighted by Crippen LogP contribution is 2.12. The number of ether oxygens (including phenoxy) is 1. The Hall–Kier alpha value is -2.21. The van der Waals surface area contributed by atoms with Gasteiger partial charge in [-0.2, -0.15) is 5.10 Å². The molecular formula is C16H20N4O2. The summed E-state index contributed by atoms with van der Waals surface area (Å²) in [4.78, 5) is 16.4. The highest BCUT2D eigenvalue weighted by molar-refractivity contribution is 5.93. The summed E-state index contributed by atoms with van der Waals surface area (Å²) in [6, 6.07) is 5.58. The van der Waals surface area contributed by atoms with Crippen molar-refractivity contribution in [3.05, 3.63) is 41.3 Å². The van der Waals surface area contributed by atoms with Crippen LogP contribution in [0, 0.1) is 19.8 Å². The van der Waals surface area contributed by atoms with Crippen molar-refractivity contribution in [1.82, 2.24) is 20.1 Å². The van der Waals surface area contributed by atoms with Crippen LogP contribution in [0.5, 0.6) is 0 Å². The van der Waals surface area contributed by atoms with E-state index in [0.717, 1.165) is 31.0 Å². The van der Waals surface area contributed by atoms with Crippen LogP contribution in [0.25, 0.3) is 5.82 Å². The lowest BCUT2D eigenvalue weighted by molar-refractivity contribution is 0.0944. The molecule has 0 unspecified atom stereocenters. The van der Waals surface area contributed by atoms with E-state index in [4.69, 9.17) is 4.74 Å². The van der Waals surface area contributed by atoms with Crippen LogP contribution in [-0.2, 0) is 4.74 Å². The zero-order chi connectivity index (χ0) is 15.5. The summed E-state index contributed by atoms with van der Waals surface area (Å²) in [5, 5.41) is 7.32. The van der Waals surface area contributed by atoms with Gasteiger partial charge in [0.1, 0.15) is 0 Å². The van der Waals surface area contributed by atoms with Gasteiger partial charge in [-0.3, -0.25) is 4.79 Å². The van der Waals surface area contributed by atoms with Crippen molar-refractivity contribution in [3.63, 3.8) is 0 Å². The first-order valence-corrected chi connectivity index (χ1v) is 7.49. The maximum atomic E-state index is 12.1. The molecule has 2 aromatic heterocycles. The lowest BCUT2D eigenvalue weighted by atomic mass is 10.1. The Morgan fingerprint density at radius 1 is 1.45 bits per heavy atom. The van der Waals surface area contributed by atoms with Gasteiger partial charge in [-0.05, 0) is 38.5 Å². The second-order valence-electron chi connectivity index (χ2n) is 5.68. The first kappa shape index (κ1) is 14.7. The molecule has 6 nitrogen and oxygen atoms in total. The Morgan fingerprint density at radius 2 is 2.32 bits per heavy atom. The fourth-order valence-electron chi connectivity index (χ4n) is 2.59. The third-order valence-corrected chi connectivity index (χ3v) is 3.81. The van der Waals surface area contributed by atoms with Crippen molar-refractivity contribution >= 4 is 5.91 Å². The fraction of sp³-hybridized carbons (Fsp3) is 0.438. The Balaban J connectivity index is 1.65. The van der Waals surface area contributed by atoms with Gasteiger partial charge in [-0.15, -0.1) is 0 Å². The lowest BCUT2D eigenvalue weighted by Crippen LogP contribution is -2.29. The highest BCUT2D eigenvalue weighted by atomic mass is 16.5. The minimum atomic E-state index is -0.0979. The maximum Gasteiger partial charge on any atom is 0.252 e. The molecule has 0 aromatic carbocycles. The molecule has 1 aliphatic rings. The summed E-state index contributed by atoms with van der Waals surface area (Å²) in [6.07, 6.45) is 2.60. The molecule has 3 rings (SSSR count). The van der Waals surface area contributed by atoms with Gasteiger partial charge in [0.25, 0.3) is 5.91 Å². The summed E-state index contributed by atoms with van der Waals surface area (Å²) in [6.45, 7) is 6.09. The minimum absolute atomic E-state index is 0.0979. The first-order chi connectivity index (χ1) is 10.6. The second-order valence-corrected chi connectivity index (χ2v) is 5.68. The number of nitrogens with zero attached hydrogens (tertiary/aromatic N) is 3. The molecule has 0 radical (unpaired) electrons. The Kier molecular flexibility index (Phi) is 4.20. The SMILES string of the molecule is Cc1cc(C)n(-c2ccc(C(=O)NC[C@@H]3CCOC3)cn2)n1. The third-order valence-electron chi connectivity index (χ3n) is 3.81. The zero-order valence-electron chi connectivity index (χ0n) is 12.9. The van der Waals surface area contributed by atoms with Crippen molar-refractivity contribution < 1.29 is 9.53 Å². The zero-order valence-corrected chi connectivity index (χ0v) is 12.9. The van der Waals surface area contributed by atoms with E-state index < -0.39 is 0 Å². The number of pyridine rings is 1. The molecule has 3 heterocycles. The number of hydrogen-bond acceptors (Lipinski definition) is 4. The second kappa shape index (κ2) is 6.27. The summed E-state index contributed by atoms with van der Waals surface area (Å²) in [5.41, 5.74) is 2.52. The van der Waals surface area contributed by atoms with Crippen LogP contribution in [0.4, 0.5) is 0 Å². The van der Waals surface area contributed by atoms with E-state index in [1.807, 2.05) is 26.0 Å². The standard InChI is InChI=1S/C16H20N4O2/c1-11-7-12(2)20(19-11)15-4-3-14(9-17-15)16(21)18-8-13-5-6-22-10-13/h3-4,7,9,13H,5-6,8,10H2,1-2H3,(H,18,21)/t13-/m0/s1. The first-order valence-electron chi connectivity index (χ1n) is 7.49. The number of amides is 1. The Bertz CT molecular complexity index is 657. The van der Waals surface area contributed by atoms with Crippen LogP contribution in [-0.4, -0.2) is 40.4 Å². The lowest BCUT2D eigenvalue weighted by Gasteiger charge is -2.10. The van der Waals surface area contributed by atoms with Gasteiger partial charge in [0, 0.05) is 31.0 Å². The number of aromatic nitrogens is 3. The molecule has 1 fully saturated rings. The van der Waals surface area contributed by atoms with Gasteiger partial charge in [0.2, 0.25) is 0 Å². The largest absolute Gasteiger partial charge is 0.381 e. The molecule has 6 heteroatoms. The molecule has 0 aliphatic carbocycles. The molecule has 1 atom stereocenters. The van der Waals surface area contributed by atoms with Crippen LogP contribution in [0.1, 0.15) is 28.2 Å². The molecule has 0 spiro atoms. The summed E-state index contributed by atoms with van der Waals surface area (Å²) >= 11 is 0. The molecule has 22 heavy (non-hydrogen) atoms. The highest BCUT2D eigenvalue weighted by Gasteiger charge is 2.17. The van der Waals surface area contributed by atoms with Gasteiger partial charge in [0.15, 0.2) is 5.82 Å². The van der Waals surface area contributed by atoms with E-state index in [1.54, 1.807) is 16.9 Å². The molecule has 1 aliphatic heterocycles. The molecule has 0 bridgehead atoms. The summed E-state index contributed by atoms with van der Waals surface area (Å²) in [7, 11) is 0. The summed E-state index contributed by atoms with van der Waals surface area (Å²) < 4.78 is 7.07. The Morgan fingerprint density at radius 3 is 2.91 bits per heavy atom. The number of aryl methyl sites for hydroxylation is 2. The van der Waals surface area contributed by atoms with Gasteiger partial charge in [-0.25, -0.2) is 9.67 Å². The minimum Gasteiger partial charge on any atom is -0.381 e. The van der Waals surface area contributed by atoms with Gasteiger partial charge < -0.3 is 10.1 Å². The van der Waals surface area contributed by atoms with E-state index in [2.05, 4.69) is 15.4 Å². The number of hydrogen-bond donors (Lipinski definition) is 1. The average Bonchev–Trinajstić information content (AvgIpc) is 3.14. The smallest absolute Gasteiger partial charge is 0.252 e. The van der Waals surface area contributed by atoms with Crippen LogP contribution in [0.2, 0.25) is 0 Å². The quantitative estimate of drug-likeness (QED) is 0.932. The van der Waals surface area contributed by atoms with Gasteiger partial charge in [-0.1, -0.05) is 0 Å². The molecule has 116 valence electrons. The predicted octanol–water partition coefficient (Wildman–Crippen LogP) is 1.65. The van der Waals surface area contributed by atoms with E-state index in [0.29, 0.717) is 23.8 Å². The molecule has 1 N–H and O–H groups in total. The van der Waals surface area contributed by atoms with E-state index in [-0.39, 0.29) is 5.91 Å². The summed E-state index contributed by atoms with van der Waals surface area (Å²) in [5.74, 6) is 1.04. The number of carbonyl (C=O) groups excluding carboxylic acids is 1. The van der Waals surface area contributed by atoms with Gasteiger partial charge >= 0.3 is 0 Å². The molecule has 2 aromatic rings. The van der Waals surface area contributed by atoms with Crippen molar-refractivity contribution in [3.8, 4) is 5.82 Å². The topological polar surface area (TPSA) is 69.0 Å². The van der Waals surface area contributed by atoms with Crippen molar-refractivity contribution in [2.75, 3.05) is 19.8 Å². The molecular weight excluding hydrogens is 280 g/mol. The van der Waals surface area contributed by atoms with Crippen LogP contribution in [0.15, 0.2) is 24.4 Å². The molecule has 0 saturated carbocycles. The number of rotatable bonds is 4. The average molecular weight is 300 g/mol. The Labute approximate surface area is 129 Å². The third kappa shape index (κ3) is 3.17. The van der Waals surface area contributed by atoms with Crippen LogP contribution < -0.4 is 5.32 Å². The normalized spacial score (nSPS) is 17.6. The molecule has 1 saturated heterocycles. The monoisotopic (exact) mass is 300 g/mol. The number of carbonyl (C=O) groups is 1. The maximum absolute atomic E-state index is 12.1. The number of nitrogens with one attached hydrogen (secondary N) is 1. The van der Waals surface area contributed by atoms with Gasteiger partial charge in [0.05, 0.1) is 17.9 Å². The van der Waals surface area contributed by atoms with E-state index >= 15 is 0 Å². The van der Waals surface area contributed by atoms with Crippen molar-refractivity contribution in [2.45, 2.75) is 20.3 Å². The predicted molar refractivity (Wildman–Crippen MR) is 82.1 cm³/mol. The van der Waals surface area contributed by atoms with E-state index in [1.165, 1.54) is 0 Å². The van der Waals surface area contributed by atoms with Crippen molar-refractivity contribution in [1.29, 1.82) is 0 Å². The van der Waals surface area contributed by atoms with Crippen LogP contribution in [0.3, 0.4) is 0 Å².